The number of hydrogen-bond acceptors (Lipinski definition) is 3. The van der Waals surface area contributed by atoms with Gasteiger partial charge in [0.2, 0.25) is 0 Å². The zero-order valence-corrected chi connectivity index (χ0v) is 13.6. The molecule has 22 heavy (non-hydrogen) atoms. The standard InChI is InChI=1S/C17H20ClN3O/c1-3-4-8-21(2)17(22)13-9-16(12-19-11-13)20-15-7-5-6-14(18)10-15/h5-7,9-12,20H,3-4,8H2,1-2H3. The summed E-state index contributed by atoms with van der Waals surface area (Å²) in [7, 11) is 1.81. The summed E-state index contributed by atoms with van der Waals surface area (Å²) < 4.78 is 0. The molecule has 0 saturated carbocycles. The maximum Gasteiger partial charge on any atom is 0.255 e. The number of rotatable bonds is 6. The highest BCUT2D eigenvalue weighted by Gasteiger charge is 2.12. The molecule has 2 aromatic rings. The maximum atomic E-state index is 12.3. The minimum atomic E-state index is -0.0179. The lowest BCUT2D eigenvalue weighted by Gasteiger charge is -2.17. The van der Waals surface area contributed by atoms with Crippen molar-refractivity contribution in [2.24, 2.45) is 0 Å². The van der Waals surface area contributed by atoms with Crippen LogP contribution in [-0.4, -0.2) is 29.4 Å². The number of carbonyl (C=O) groups is 1. The van der Waals surface area contributed by atoms with Gasteiger partial charge in [-0.15, -0.1) is 0 Å². The summed E-state index contributed by atoms with van der Waals surface area (Å²) in [6, 6.07) is 9.22. The van der Waals surface area contributed by atoms with Gasteiger partial charge >= 0.3 is 0 Å². The van der Waals surface area contributed by atoms with E-state index >= 15 is 0 Å². The van der Waals surface area contributed by atoms with Gasteiger partial charge in [-0.2, -0.15) is 0 Å². The van der Waals surface area contributed by atoms with E-state index in [1.54, 1.807) is 23.4 Å². The molecule has 1 amide bonds. The fourth-order valence-electron chi connectivity index (χ4n) is 2.08. The summed E-state index contributed by atoms with van der Waals surface area (Å²) in [5, 5.41) is 3.86. The van der Waals surface area contributed by atoms with Gasteiger partial charge in [-0.1, -0.05) is 31.0 Å². The molecule has 0 radical (unpaired) electrons. The molecule has 1 aromatic heterocycles. The Bertz CT molecular complexity index is 645. The quantitative estimate of drug-likeness (QED) is 0.861. The molecule has 0 spiro atoms. The van der Waals surface area contributed by atoms with Crippen molar-refractivity contribution in [1.29, 1.82) is 0 Å². The van der Waals surface area contributed by atoms with Crippen LogP contribution in [0.5, 0.6) is 0 Å². The molecule has 5 heteroatoms. The number of anilines is 2. The molecule has 0 saturated heterocycles. The molecule has 0 fully saturated rings. The molecule has 0 atom stereocenters. The Morgan fingerprint density at radius 1 is 1.27 bits per heavy atom. The Labute approximate surface area is 136 Å². The molecule has 0 unspecified atom stereocenters. The van der Waals surface area contributed by atoms with E-state index in [2.05, 4.69) is 17.2 Å². The van der Waals surface area contributed by atoms with E-state index in [1.165, 1.54) is 0 Å². The van der Waals surface area contributed by atoms with E-state index in [1.807, 2.05) is 31.3 Å². The lowest BCUT2D eigenvalue weighted by molar-refractivity contribution is 0.0793. The first-order chi connectivity index (χ1) is 10.6. The molecule has 4 nitrogen and oxygen atoms in total. The normalized spacial score (nSPS) is 10.3. The first-order valence-corrected chi connectivity index (χ1v) is 7.71. The third-order valence-corrected chi connectivity index (χ3v) is 3.53. The Hall–Kier alpha value is -2.07. The zero-order chi connectivity index (χ0) is 15.9. The molecule has 1 N–H and O–H groups in total. The van der Waals surface area contributed by atoms with Gasteiger partial charge < -0.3 is 10.2 Å². The van der Waals surface area contributed by atoms with E-state index in [-0.39, 0.29) is 5.91 Å². The van der Waals surface area contributed by atoms with Gasteiger partial charge in [0.05, 0.1) is 17.4 Å². The van der Waals surface area contributed by atoms with E-state index in [4.69, 9.17) is 11.6 Å². The van der Waals surface area contributed by atoms with E-state index in [0.29, 0.717) is 10.6 Å². The number of aromatic nitrogens is 1. The first kappa shape index (κ1) is 16.3. The Morgan fingerprint density at radius 3 is 2.82 bits per heavy atom. The van der Waals surface area contributed by atoms with Crippen LogP contribution in [0.15, 0.2) is 42.7 Å². The van der Waals surface area contributed by atoms with Gasteiger partial charge in [-0.3, -0.25) is 9.78 Å². The van der Waals surface area contributed by atoms with Crippen molar-refractivity contribution >= 4 is 28.9 Å². The highest BCUT2D eigenvalue weighted by atomic mass is 35.5. The second-order valence-corrected chi connectivity index (χ2v) is 5.61. The third kappa shape index (κ3) is 4.46. The zero-order valence-electron chi connectivity index (χ0n) is 12.8. The molecule has 0 aliphatic rings. The minimum Gasteiger partial charge on any atom is -0.354 e. The number of nitrogens with one attached hydrogen (secondary N) is 1. The smallest absolute Gasteiger partial charge is 0.255 e. The second-order valence-electron chi connectivity index (χ2n) is 5.18. The van der Waals surface area contributed by atoms with Crippen molar-refractivity contribution in [3.8, 4) is 0 Å². The number of unbranched alkanes of at least 4 members (excludes halogenated alkanes) is 1. The molecule has 1 aromatic carbocycles. The Morgan fingerprint density at radius 2 is 2.09 bits per heavy atom. The molecule has 116 valence electrons. The predicted octanol–water partition coefficient (Wildman–Crippen LogP) is 4.35. The van der Waals surface area contributed by atoms with Crippen LogP contribution in [0.3, 0.4) is 0 Å². The third-order valence-electron chi connectivity index (χ3n) is 3.29. The number of benzene rings is 1. The molecular formula is C17H20ClN3O. The lowest BCUT2D eigenvalue weighted by Crippen LogP contribution is -2.27. The van der Waals surface area contributed by atoms with Crippen LogP contribution in [0.1, 0.15) is 30.1 Å². The molecule has 0 aliphatic carbocycles. The summed E-state index contributed by atoms with van der Waals surface area (Å²) in [4.78, 5) is 18.2. The number of nitrogens with zero attached hydrogens (tertiary/aromatic N) is 2. The second kappa shape index (κ2) is 7.80. The predicted molar refractivity (Wildman–Crippen MR) is 90.8 cm³/mol. The average Bonchev–Trinajstić information content (AvgIpc) is 2.52. The van der Waals surface area contributed by atoms with Crippen molar-refractivity contribution in [2.45, 2.75) is 19.8 Å². The lowest BCUT2D eigenvalue weighted by atomic mass is 10.2. The molecule has 1 heterocycles. The summed E-state index contributed by atoms with van der Waals surface area (Å²) in [5.74, 6) is -0.0179. The number of hydrogen-bond donors (Lipinski definition) is 1. The SMILES string of the molecule is CCCCN(C)C(=O)c1cncc(Nc2cccc(Cl)c2)c1. The largest absolute Gasteiger partial charge is 0.354 e. The molecule has 0 bridgehead atoms. The van der Waals surface area contributed by atoms with E-state index in [9.17, 15) is 4.79 Å². The van der Waals surface area contributed by atoms with Gasteiger partial charge in [0.15, 0.2) is 0 Å². The first-order valence-electron chi connectivity index (χ1n) is 7.33. The van der Waals surface area contributed by atoms with Crippen LogP contribution in [0.2, 0.25) is 5.02 Å². The highest BCUT2D eigenvalue weighted by Crippen LogP contribution is 2.20. The number of pyridine rings is 1. The Balaban J connectivity index is 2.11. The van der Waals surface area contributed by atoms with Crippen molar-refractivity contribution in [1.82, 2.24) is 9.88 Å². The van der Waals surface area contributed by atoms with Crippen molar-refractivity contribution in [2.75, 3.05) is 18.9 Å². The van der Waals surface area contributed by atoms with Crippen LogP contribution in [0, 0.1) is 0 Å². The fourth-order valence-corrected chi connectivity index (χ4v) is 2.27. The number of amides is 1. The van der Waals surface area contributed by atoms with Crippen LogP contribution in [0.25, 0.3) is 0 Å². The van der Waals surface area contributed by atoms with Gasteiger partial charge in [-0.05, 0) is 30.7 Å². The Kier molecular flexibility index (Phi) is 5.78. The fraction of sp³-hybridized carbons (Fsp3) is 0.294. The van der Waals surface area contributed by atoms with Gasteiger partial charge in [0.25, 0.3) is 5.91 Å². The van der Waals surface area contributed by atoms with Crippen molar-refractivity contribution in [3.05, 3.63) is 53.3 Å². The summed E-state index contributed by atoms with van der Waals surface area (Å²) >= 11 is 5.97. The van der Waals surface area contributed by atoms with Gasteiger partial charge in [0.1, 0.15) is 0 Å². The number of carbonyl (C=O) groups excluding carboxylic acids is 1. The maximum absolute atomic E-state index is 12.3. The molecule has 2 rings (SSSR count). The number of halogens is 1. The van der Waals surface area contributed by atoms with E-state index < -0.39 is 0 Å². The van der Waals surface area contributed by atoms with Gasteiger partial charge in [-0.25, -0.2) is 0 Å². The topological polar surface area (TPSA) is 45.2 Å². The monoisotopic (exact) mass is 317 g/mol. The van der Waals surface area contributed by atoms with Crippen LogP contribution in [-0.2, 0) is 0 Å². The van der Waals surface area contributed by atoms with Crippen LogP contribution >= 0.6 is 11.6 Å². The summed E-state index contributed by atoms with van der Waals surface area (Å²) in [6.45, 7) is 2.86. The van der Waals surface area contributed by atoms with E-state index in [0.717, 1.165) is 30.8 Å². The molecular weight excluding hydrogens is 298 g/mol. The van der Waals surface area contributed by atoms with Crippen molar-refractivity contribution in [3.63, 3.8) is 0 Å². The average molecular weight is 318 g/mol. The summed E-state index contributed by atoms with van der Waals surface area (Å²) in [6.07, 6.45) is 5.33. The van der Waals surface area contributed by atoms with Gasteiger partial charge in [0, 0.05) is 30.5 Å². The van der Waals surface area contributed by atoms with Crippen LogP contribution < -0.4 is 5.32 Å². The highest BCUT2D eigenvalue weighted by molar-refractivity contribution is 6.30. The van der Waals surface area contributed by atoms with Crippen LogP contribution in [0.4, 0.5) is 11.4 Å². The minimum absolute atomic E-state index is 0.0179. The molecule has 0 aliphatic heterocycles. The van der Waals surface area contributed by atoms with Crippen molar-refractivity contribution < 1.29 is 4.79 Å². The summed E-state index contributed by atoms with van der Waals surface area (Å²) in [5.41, 5.74) is 2.20.